The van der Waals surface area contributed by atoms with Gasteiger partial charge in [-0.05, 0) is 12.2 Å². The molecular weight excluding hydrogens is 266 g/mol. The molecule has 0 atom stereocenters. The third-order valence-corrected chi connectivity index (χ3v) is 0.508. The Labute approximate surface area is 164 Å². The first-order chi connectivity index (χ1) is 6.81. The Morgan fingerprint density at radius 2 is 1.00 bits per heavy atom. The second-order valence-corrected chi connectivity index (χ2v) is 1.59. The molecule has 0 fully saturated rings. The van der Waals surface area contributed by atoms with Crippen molar-refractivity contribution in [2.45, 2.75) is 0 Å². The Bertz CT molecular complexity index is 221. The summed E-state index contributed by atoms with van der Waals surface area (Å²) in [6, 6.07) is 0. The quantitative estimate of drug-likeness (QED) is 0.404. The van der Waals surface area contributed by atoms with Gasteiger partial charge in [0.15, 0.2) is 0 Å². The van der Waals surface area contributed by atoms with Gasteiger partial charge in [-0.25, -0.2) is 4.79 Å². The summed E-state index contributed by atoms with van der Waals surface area (Å²) in [7, 11) is 0. The van der Waals surface area contributed by atoms with Crippen molar-refractivity contribution in [2.75, 3.05) is 0 Å². The molecule has 1 N–H and O–H groups in total. The van der Waals surface area contributed by atoms with Crippen molar-refractivity contribution in [1.82, 2.24) is 0 Å². The van der Waals surface area contributed by atoms with Crippen molar-refractivity contribution in [3.8, 4) is 0 Å². The molecule has 0 radical (unpaired) electrons. The summed E-state index contributed by atoms with van der Waals surface area (Å²) < 4.78 is 0. The molecular formula is C9H10KNaO6. The van der Waals surface area contributed by atoms with E-state index >= 15 is 0 Å². The second-order valence-electron chi connectivity index (χ2n) is 1.59. The smallest absolute Gasteiger partial charge is 0.545 e. The van der Waals surface area contributed by atoms with Crippen LogP contribution in [0, 0.1) is 0 Å². The largest absolute Gasteiger partial charge is 1.00 e. The molecule has 0 aliphatic rings. The summed E-state index contributed by atoms with van der Waals surface area (Å²) in [4.78, 5) is 27.5. The summed E-state index contributed by atoms with van der Waals surface area (Å²) in [5.41, 5.74) is 0. The first kappa shape index (κ1) is 30.4. The Kier molecular flexibility index (Phi) is 45.0. The van der Waals surface area contributed by atoms with E-state index in [1.165, 1.54) is 0 Å². The van der Waals surface area contributed by atoms with Crippen LogP contribution in [0.15, 0.2) is 38.0 Å². The van der Waals surface area contributed by atoms with Gasteiger partial charge in [0.1, 0.15) is 0 Å². The van der Waals surface area contributed by atoms with Gasteiger partial charge in [0.25, 0.3) is 0 Å². The van der Waals surface area contributed by atoms with E-state index in [9.17, 15) is 4.79 Å². The van der Waals surface area contributed by atoms with Gasteiger partial charge in [-0.2, -0.15) is 0 Å². The maximum Gasteiger partial charge on any atom is 1.00 e. The summed E-state index contributed by atoms with van der Waals surface area (Å²) >= 11 is 0. The zero-order valence-corrected chi connectivity index (χ0v) is 15.0. The molecule has 0 aromatic heterocycles. The number of carboxylic acids is 3. The maximum absolute atomic E-state index is 9.25. The van der Waals surface area contributed by atoms with Crippen molar-refractivity contribution in [2.24, 2.45) is 0 Å². The maximum atomic E-state index is 9.25. The van der Waals surface area contributed by atoms with E-state index in [1.54, 1.807) is 0 Å². The van der Waals surface area contributed by atoms with Crippen molar-refractivity contribution in [3.63, 3.8) is 0 Å². The Morgan fingerprint density at radius 1 is 0.882 bits per heavy atom. The average Bonchev–Trinajstić information content (AvgIpc) is 2.19. The van der Waals surface area contributed by atoms with E-state index < -0.39 is 17.9 Å². The summed E-state index contributed by atoms with van der Waals surface area (Å²) in [6.45, 7) is 8.76. The summed E-state index contributed by atoms with van der Waals surface area (Å²) in [5.74, 6) is -3.44. The number of aliphatic carboxylic acids is 3. The molecule has 0 aliphatic heterocycles. The number of carbonyl (C=O) groups is 3. The first-order valence-corrected chi connectivity index (χ1v) is 3.33. The van der Waals surface area contributed by atoms with E-state index in [-0.39, 0.29) is 80.9 Å². The van der Waals surface area contributed by atoms with Gasteiger partial charge < -0.3 is 24.9 Å². The Morgan fingerprint density at radius 3 is 1.00 bits per heavy atom. The van der Waals surface area contributed by atoms with Crippen molar-refractivity contribution < 1.29 is 111 Å². The van der Waals surface area contributed by atoms with Gasteiger partial charge in [-0.1, -0.05) is 19.7 Å². The van der Waals surface area contributed by atoms with Crippen LogP contribution in [0.1, 0.15) is 0 Å². The van der Waals surface area contributed by atoms with E-state index in [2.05, 4.69) is 19.7 Å². The standard InChI is InChI=1S/3C3H4O2.K.Na/c3*1-2-3(4)5;;/h3*2H,1H2,(H,4,5);;/q;;;2*+1/p-2. The fraction of sp³-hybridized carbons (Fsp3) is 0. The topological polar surface area (TPSA) is 118 Å². The zero-order chi connectivity index (χ0) is 12.9. The minimum absolute atomic E-state index is 0. The van der Waals surface area contributed by atoms with E-state index in [0.29, 0.717) is 0 Å². The van der Waals surface area contributed by atoms with Crippen LogP contribution in [0.2, 0.25) is 0 Å². The molecule has 17 heavy (non-hydrogen) atoms. The number of hydrogen-bond acceptors (Lipinski definition) is 5. The number of hydrogen-bond donors (Lipinski definition) is 1. The predicted octanol–water partition coefficient (Wildman–Crippen LogP) is -7.89. The molecule has 8 heteroatoms. The normalized spacial score (nSPS) is 5.65. The molecule has 0 aliphatic carbocycles. The third-order valence-electron chi connectivity index (χ3n) is 0.508. The molecule has 0 saturated heterocycles. The van der Waals surface area contributed by atoms with E-state index in [4.69, 9.17) is 24.9 Å². The Hall–Kier alpha value is 0.266. The third kappa shape index (κ3) is 84.3. The molecule has 0 bridgehead atoms. The van der Waals surface area contributed by atoms with Gasteiger partial charge in [0.2, 0.25) is 0 Å². The van der Waals surface area contributed by atoms with E-state index in [0.717, 1.165) is 18.2 Å². The molecule has 0 aromatic carbocycles. The minimum atomic E-state index is -1.23. The summed E-state index contributed by atoms with van der Waals surface area (Å²) in [5, 5.41) is 25.9. The van der Waals surface area contributed by atoms with Crippen LogP contribution in [-0.4, -0.2) is 23.0 Å². The van der Waals surface area contributed by atoms with E-state index in [1.807, 2.05) is 0 Å². The molecule has 0 rings (SSSR count). The van der Waals surface area contributed by atoms with Crippen LogP contribution in [0.4, 0.5) is 0 Å². The van der Waals surface area contributed by atoms with Gasteiger partial charge in [-0.3, -0.25) is 0 Å². The van der Waals surface area contributed by atoms with Crippen LogP contribution >= 0.6 is 0 Å². The first-order valence-electron chi connectivity index (χ1n) is 3.33. The predicted molar refractivity (Wildman–Crippen MR) is 48.2 cm³/mol. The molecule has 0 aromatic rings. The molecule has 0 saturated carbocycles. The summed E-state index contributed by atoms with van der Waals surface area (Å²) in [6.07, 6.45) is 2.28. The van der Waals surface area contributed by atoms with Gasteiger partial charge >= 0.3 is 86.9 Å². The molecule has 0 spiro atoms. The minimum Gasteiger partial charge on any atom is -0.545 e. The SMILES string of the molecule is C=CC(=O)O.C=CC(=O)[O-].C=CC(=O)[O-].[K+].[Na+]. The van der Waals surface area contributed by atoms with Gasteiger partial charge in [0.05, 0.1) is 11.9 Å². The monoisotopic (exact) mass is 276 g/mol. The van der Waals surface area contributed by atoms with Crippen molar-refractivity contribution >= 4 is 17.9 Å². The Balaban J connectivity index is -0.0000000400. The number of rotatable bonds is 3. The number of carbonyl (C=O) groups excluding carboxylic acids is 2. The van der Waals surface area contributed by atoms with Gasteiger partial charge in [0, 0.05) is 6.08 Å². The van der Waals surface area contributed by atoms with Crippen LogP contribution in [0.25, 0.3) is 0 Å². The van der Waals surface area contributed by atoms with Gasteiger partial charge in [-0.15, -0.1) is 0 Å². The molecule has 0 unspecified atom stereocenters. The second kappa shape index (κ2) is 25.2. The van der Waals surface area contributed by atoms with Crippen LogP contribution < -0.4 is 91.2 Å². The fourth-order valence-corrected chi connectivity index (χ4v) is 0. The van der Waals surface area contributed by atoms with Crippen LogP contribution in [-0.2, 0) is 14.4 Å². The fourth-order valence-electron chi connectivity index (χ4n) is 0. The average molecular weight is 276 g/mol. The zero-order valence-electron chi connectivity index (χ0n) is 9.84. The van der Waals surface area contributed by atoms with Crippen molar-refractivity contribution in [3.05, 3.63) is 38.0 Å². The van der Waals surface area contributed by atoms with Crippen LogP contribution in [0.5, 0.6) is 0 Å². The number of carboxylic acid groups (broad SMARTS) is 3. The molecule has 6 nitrogen and oxygen atoms in total. The van der Waals surface area contributed by atoms with Crippen LogP contribution in [0.3, 0.4) is 0 Å². The molecule has 0 heterocycles. The molecule has 0 amide bonds. The molecule has 84 valence electrons. The van der Waals surface area contributed by atoms with Crippen molar-refractivity contribution in [1.29, 1.82) is 0 Å².